The molecule has 0 aliphatic heterocycles. The molecular formula is C4H8N2. The third-order valence-corrected chi connectivity index (χ3v) is 0.331. The molecule has 0 unspecified atom stereocenters. The van der Waals surface area contributed by atoms with Gasteiger partial charge in [0, 0.05) is 13.2 Å². The minimum absolute atomic E-state index is 1.64. The maximum absolute atomic E-state index is 3.53. The molecule has 0 rings (SSSR count). The van der Waals surface area contributed by atoms with Crippen molar-refractivity contribution in [3.8, 4) is 0 Å². The zero-order valence-electron chi connectivity index (χ0n) is 4.05. The number of nitrogens with zero attached hydrogens (tertiary/aromatic N) is 2. The van der Waals surface area contributed by atoms with Crippen LogP contribution in [0.3, 0.4) is 0 Å². The lowest BCUT2D eigenvalue weighted by molar-refractivity contribution is 1.16. The van der Waals surface area contributed by atoms with Crippen molar-refractivity contribution < 1.29 is 0 Å². The average Bonchev–Trinajstić information content (AvgIpc) is 1.61. The van der Waals surface area contributed by atoms with E-state index in [2.05, 4.69) is 10.2 Å². The van der Waals surface area contributed by atoms with Crippen molar-refractivity contribution in [1.29, 1.82) is 0 Å². The summed E-state index contributed by atoms with van der Waals surface area (Å²) in [6.07, 6.45) is 3.47. The molecule has 0 N–H and O–H groups in total. The van der Waals surface area contributed by atoms with E-state index >= 15 is 0 Å². The molecule has 2 heteroatoms. The number of rotatable bonds is 1. The molecule has 0 aliphatic rings. The van der Waals surface area contributed by atoms with Crippen molar-refractivity contribution in [2.75, 3.05) is 7.05 Å². The smallest absolute Gasteiger partial charge is 0.0491 e. The van der Waals surface area contributed by atoms with Crippen LogP contribution >= 0.6 is 0 Å². The van der Waals surface area contributed by atoms with Crippen molar-refractivity contribution >= 4 is 0 Å². The Labute approximate surface area is 37.6 Å². The first kappa shape index (κ1) is 5.34. The van der Waals surface area contributed by atoms with Gasteiger partial charge in [0.05, 0.1) is 0 Å². The van der Waals surface area contributed by atoms with Crippen LogP contribution in [-0.2, 0) is 0 Å². The Morgan fingerprint density at radius 3 is 2.33 bits per heavy atom. The lowest BCUT2D eigenvalue weighted by atomic mass is 10.7. The Morgan fingerprint density at radius 1 is 1.50 bits per heavy atom. The predicted octanol–water partition coefficient (Wildman–Crippen LogP) is 1.60. The molecule has 0 radical (unpaired) electrons. The van der Waals surface area contributed by atoms with E-state index in [1.54, 1.807) is 13.2 Å². The van der Waals surface area contributed by atoms with Crippen molar-refractivity contribution in [2.24, 2.45) is 10.2 Å². The van der Waals surface area contributed by atoms with Gasteiger partial charge in [-0.05, 0) is 6.92 Å². The Hall–Kier alpha value is -0.660. The molecule has 34 valence electrons. The Balaban J connectivity index is 3.07. The highest BCUT2D eigenvalue weighted by Crippen LogP contribution is 1.70. The van der Waals surface area contributed by atoms with Crippen molar-refractivity contribution in [2.45, 2.75) is 6.92 Å². The van der Waals surface area contributed by atoms with E-state index in [-0.39, 0.29) is 0 Å². The van der Waals surface area contributed by atoms with E-state index in [4.69, 9.17) is 0 Å². The van der Waals surface area contributed by atoms with E-state index in [1.807, 2.05) is 13.0 Å². The standard InChI is InChI=1S/C4H8N2/c1-3-4-6-5-2/h3-4H,1-2H3. The maximum Gasteiger partial charge on any atom is 0.0491 e. The summed E-state index contributed by atoms with van der Waals surface area (Å²) in [7, 11) is 1.64. The van der Waals surface area contributed by atoms with Crippen LogP contribution in [0.15, 0.2) is 22.5 Å². The second kappa shape index (κ2) is 4.34. The van der Waals surface area contributed by atoms with Crippen LogP contribution < -0.4 is 0 Å². The van der Waals surface area contributed by atoms with Gasteiger partial charge in [0.15, 0.2) is 0 Å². The molecule has 0 spiro atoms. The molecule has 0 amide bonds. The van der Waals surface area contributed by atoms with Gasteiger partial charge in [-0.1, -0.05) is 6.08 Å². The summed E-state index contributed by atoms with van der Waals surface area (Å²) >= 11 is 0. The number of hydrogen-bond donors (Lipinski definition) is 0. The maximum atomic E-state index is 3.53. The van der Waals surface area contributed by atoms with Gasteiger partial charge in [0.25, 0.3) is 0 Å². The van der Waals surface area contributed by atoms with Gasteiger partial charge in [0.1, 0.15) is 0 Å². The quantitative estimate of drug-likeness (QED) is 0.431. The van der Waals surface area contributed by atoms with Crippen molar-refractivity contribution in [3.05, 3.63) is 12.3 Å². The van der Waals surface area contributed by atoms with Crippen LogP contribution in [0.25, 0.3) is 0 Å². The number of allylic oxidation sites excluding steroid dienone is 1. The highest BCUT2D eigenvalue weighted by atomic mass is 15.1. The fraction of sp³-hybridized carbons (Fsp3) is 0.500. The summed E-state index contributed by atoms with van der Waals surface area (Å²) in [5.41, 5.74) is 0. The molecule has 2 nitrogen and oxygen atoms in total. The topological polar surface area (TPSA) is 24.7 Å². The summed E-state index contributed by atoms with van der Waals surface area (Å²) in [4.78, 5) is 0. The second-order valence-corrected chi connectivity index (χ2v) is 0.798. The summed E-state index contributed by atoms with van der Waals surface area (Å²) in [5, 5.41) is 7.00. The van der Waals surface area contributed by atoms with E-state index in [9.17, 15) is 0 Å². The van der Waals surface area contributed by atoms with Crippen LogP contribution in [0.1, 0.15) is 6.92 Å². The first-order chi connectivity index (χ1) is 2.91. The Bertz CT molecular complexity index is 53.9. The molecule has 0 bridgehead atoms. The van der Waals surface area contributed by atoms with Crippen LogP contribution in [-0.4, -0.2) is 7.05 Å². The SMILES string of the molecule is CC=CN=NC. The molecule has 0 aromatic heterocycles. The zero-order valence-corrected chi connectivity index (χ0v) is 4.05. The van der Waals surface area contributed by atoms with E-state index in [0.29, 0.717) is 0 Å². The van der Waals surface area contributed by atoms with Crippen LogP contribution in [0.5, 0.6) is 0 Å². The van der Waals surface area contributed by atoms with Crippen LogP contribution in [0.2, 0.25) is 0 Å². The molecular weight excluding hydrogens is 76.1 g/mol. The first-order valence-corrected chi connectivity index (χ1v) is 1.82. The molecule has 6 heavy (non-hydrogen) atoms. The highest BCUT2D eigenvalue weighted by Gasteiger charge is 1.49. The molecule has 0 fully saturated rings. The Kier molecular flexibility index (Phi) is 3.86. The molecule has 0 atom stereocenters. The monoisotopic (exact) mass is 84.1 g/mol. The molecule has 0 aromatic carbocycles. The minimum Gasteiger partial charge on any atom is -0.193 e. The van der Waals surface area contributed by atoms with Crippen molar-refractivity contribution in [3.63, 3.8) is 0 Å². The van der Waals surface area contributed by atoms with E-state index in [1.165, 1.54) is 0 Å². The fourth-order valence-corrected chi connectivity index (χ4v) is 0.133. The molecule has 0 saturated heterocycles. The highest BCUT2D eigenvalue weighted by molar-refractivity contribution is 4.70. The lowest BCUT2D eigenvalue weighted by Crippen LogP contribution is -1.42. The first-order valence-electron chi connectivity index (χ1n) is 1.82. The Morgan fingerprint density at radius 2 is 2.17 bits per heavy atom. The summed E-state index contributed by atoms with van der Waals surface area (Å²) in [6, 6.07) is 0. The summed E-state index contributed by atoms with van der Waals surface area (Å²) in [6.45, 7) is 1.90. The summed E-state index contributed by atoms with van der Waals surface area (Å²) in [5.74, 6) is 0. The number of azo groups is 1. The van der Waals surface area contributed by atoms with Gasteiger partial charge in [-0.15, -0.1) is 0 Å². The van der Waals surface area contributed by atoms with Gasteiger partial charge >= 0.3 is 0 Å². The van der Waals surface area contributed by atoms with Crippen LogP contribution in [0.4, 0.5) is 0 Å². The third-order valence-electron chi connectivity index (χ3n) is 0.331. The normalized spacial score (nSPS) is 11.7. The van der Waals surface area contributed by atoms with Crippen LogP contribution in [0, 0.1) is 0 Å². The molecule has 0 aliphatic carbocycles. The van der Waals surface area contributed by atoms with Gasteiger partial charge in [-0.25, -0.2) is 0 Å². The van der Waals surface area contributed by atoms with Gasteiger partial charge < -0.3 is 0 Å². The molecule has 0 heterocycles. The van der Waals surface area contributed by atoms with Gasteiger partial charge in [-0.3, -0.25) is 0 Å². The third kappa shape index (κ3) is 3.34. The lowest BCUT2D eigenvalue weighted by Gasteiger charge is -1.63. The van der Waals surface area contributed by atoms with E-state index < -0.39 is 0 Å². The summed E-state index contributed by atoms with van der Waals surface area (Å²) < 4.78 is 0. The van der Waals surface area contributed by atoms with Gasteiger partial charge in [-0.2, -0.15) is 10.2 Å². The molecule has 0 aromatic rings. The zero-order chi connectivity index (χ0) is 4.83. The van der Waals surface area contributed by atoms with Gasteiger partial charge in [0.2, 0.25) is 0 Å². The number of hydrogen-bond acceptors (Lipinski definition) is 2. The molecule has 0 saturated carbocycles. The largest absolute Gasteiger partial charge is 0.193 e. The minimum atomic E-state index is 1.64. The van der Waals surface area contributed by atoms with Crippen molar-refractivity contribution in [1.82, 2.24) is 0 Å². The second-order valence-electron chi connectivity index (χ2n) is 0.798. The average molecular weight is 84.1 g/mol. The predicted molar refractivity (Wildman–Crippen MR) is 25.6 cm³/mol. The fourth-order valence-electron chi connectivity index (χ4n) is 0.133. The van der Waals surface area contributed by atoms with E-state index in [0.717, 1.165) is 0 Å².